The first-order valence-electron chi connectivity index (χ1n) is 16.2. The van der Waals surface area contributed by atoms with E-state index in [9.17, 15) is 14.4 Å². The zero-order valence-corrected chi connectivity index (χ0v) is 26.3. The molecule has 8 atom stereocenters. The predicted octanol–water partition coefficient (Wildman–Crippen LogP) is 4.46. The van der Waals surface area contributed by atoms with Crippen molar-refractivity contribution in [3.63, 3.8) is 0 Å². The number of anilines is 1. The van der Waals surface area contributed by atoms with Crippen molar-refractivity contribution in [2.75, 3.05) is 31.5 Å². The second-order valence-corrected chi connectivity index (χ2v) is 13.3. The van der Waals surface area contributed by atoms with Crippen molar-refractivity contribution in [1.29, 1.82) is 0 Å². The standard InChI is InChI=1S/C34H50N4O4/c1-7-14-37(15-8-2)16-17-38-30(32(40)36-26-11-9-10-23(5)24(26)6)34-13-12-27(42-34)28(29(34)33(38)41)31(39)35-25-19-21(3)18-22(4)20-25/h12-13,18-20,23-24,26-30H,7-11,14-17H2,1-6H3,(H,35,39)(H,36,40)/t23-,24-,26+,27-,28+,29-,30-,34-/m0/s1. The molecule has 0 unspecified atom stereocenters. The number of likely N-dealkylation sites (tertiary alicyclic amines) is 1. The van der Waals surface area contributed by atoms with Crippen molar-refractivity contribution in [3.8, 4) is 0 Å². The molecule has 3 heterocycles. The molecule has 3 fully saturated rings. The van der Waals surface area contributed by atoms with E-state index in [1.54, 1.807) is 4.90 Å². The van der Waals surface area contributed by atoms with E-state index in [1.807, 2.05) is 38.1 Å². The molecule has 2 bridgehead atoms. The van der Waals surface area contributed by atoms with Crippen LogP contribution in [0, 0.1) is 37.5 Å². The molecule has 42 heavy (non-hydrogen) atoms. The SMILES string of the molecule is CCCN(CCC)CCN1C(=O)[C@@H]2[C@H](C(=O)Nc3cc(C)cc(C)c3)[C@@H]3C=C[C@@]2(O3)[C@@H]1C(=O)N[C@@H]1CCC[C@H](C)[C@@H]1C. The van der Waals surface area contributed by atoms with E-state index in [2.05, 4.69) is 49.3 Å². The number of amides is 3. The van der Waals surface area contributed by atoms with Gasteiger partial charge >= 0.3 is 0 Å². The van der Waals surface area contributed by atoms with Crippen molar-refractivity contribution >= 4 is 23.4 Å². The van der Waals surface area contributed by atoms with Gasteiger partial charge in [0.2, 0.25) is 17.7 Å². The van der Waals surface area contributed by atoms with Crippen molar-refractivity contribution in [2.45, 2.75) is 97.4 Å². The van der Waals surface area contributed by atoms with Crippen LogP contribution in [0.4, 0.5) is 5.69 Å². The average molecular weight is 579 g/mol. The molecule has 0 aromatic heterocycles. The van der Waals surface area contributed by atoms with Gasteiger partial charge in [-0.05, 0) is 81.3 Å². The van der Waals surface area contributed by atoms with Gasteiger partial charge in [0.15, 0.2) is 0 Å². The fraction of sp³-hybridized carbons (Fsp3) is 0.676. The molecule has 8 nitrogen and oxygen atoms in total. The maximum Gasteiger partial charge on any atom is 0.246 e. The van der Waals surface area contributed by atoms with Crippen molar-refractivity contribution in [2.24, 2.45) is 23.7 Å². The Morgan fingerprint density at radius 2 is 1.71 bits per heavy atom. The van der Waals surface area contributed by atoms with Crippen LogP contribution in [0.1, 0.15) is 70.9 Å². The Morgan fingerprint density at radius 3 is 2.38 bits per heavy atom. The maximum atomic E-state index is 14.3. The van der Waals surface area contributed by atoms with Gasteiger partial charge in [-0.15, -0.1) is 0 Å². The number of nitrogens with zero attached hydrogens (tertiary/aromatic N) is 2. The fourth-order valence-corrected chi connectivity index (χ4v) is 8.04. The Kier molecular flexibility index (Phi) is 9.14. The number of rotatable bonds is 11. The molecule has 0 radical (unpaired) electrons. The smallest absolute Gasteiger partial charge is 0.246 e. The van der Waals surface area contributed by atoms with E-state index in [4.69, 9.17) is 4.74 Å². The minimum Gasteiger partial charge on any atom is -0.359 e. The van der Waals surface area contributed by atoms with E-state index in [0.717, 1.165) is 49.9 Å². The molecule has 3 amide bonds. The lowest BCUT2D eigenvalue weighted by atomic mass is 9.73. The summed E-state index contributed by atoms with van der Waals surface area (Å²) in [5.74, 6) is -1.08. The molecule has 1 aromatic carbocycles. The highest BCUT2D eigenvalue weighted by Gasteiger charge is 2.72. The first-order chi connectivity index (χ1) is 20.1. The third kappa shape index (κ3) is 5.64. The van der Waals surface area contributed by atoms with Crippen LogP contribution < -0.4 is 10.6 Å². The number of hydrogen-bond acceptors (Lipinski definition) is 5. The lowest BCUT2D eigenvalue weighted by molar-refractivity contribution is -0.141. The topological polar surface area (TPSA) is 91.0 Å². The van der Waals surface area contributed by atoms with E-state index >= 15 is 0 Å². The molecular formula is C34H50N4O4. The third-order valence-electron chi connectivity index (χ3n) is 10.2. The molecule has 230 valence electrons. The Balaban J connectivity index is 1.43. The quantitative estimate of drug-likeness (QED) is 0.379. The zero-order valence-electron chi connectivity index (χ0n) is 26.3. The lowest BCUT2D eigenvalue weighted by Gasteiger charge is -2.38. The van der Waals surface area contributed by atoms with E-state index in [1.165, 1.54) is 6.42 Å². The van der Waals surface area contributed by atoms with Crippen LogP contribution in [-0.2, 0) is 19.1 Å². The highest BCUT2D eigenvalue weighted by Crippen LogP contribution is 2.55. The summed E-state index contributed by atoms with van der Waals surface area (Å²) in [6, 6.07) is 5.20. The Bertz CT molecular complexity index is 1190. The number of fused-ring (bicyclic) bond motifs is 1. The van der Waals surface area contributed by atoms with Crippen LogP contribution in [-0.4, -0.2) is 77.5 Å². The van der Waals surface area contributed by atoms with Crippen LogP contribution >= 0.6 is 0 Å². The Hall–Kier alpha value is -2.71. The number of nitrogens with one attached hydrogen (secondary N) is 2. The van der Waals surface area contributed by atoms with E-state index < -0.39 is 29.6 Å². The molecule has 2 N–H and O–H groups in total. The predicted molar refractivity (Wildman–Crippen MR) is 165 cm³/mol. The summed E-state index contributed by atoms with van der Waals surface area (Å²) < 4.78 is 6.57. The summed E-state index contributed by atoms with van der Waals surface area (Å²) in [5.41, 5.74) is 1.69. The fourth-order valence-electron chi connectivity index (χ4n) is 8.04. The summed E-state index contributed by atoms with van der Waals surface area (Å²) in [7, 11) is 0. The van der Waals surface area contributed by atoms with Gasteiger partial charge < -0.3 is 25.2 Å². The van der Waals surface area contributed by atoms with Gasteiger partial charge in [-0.1, -0.05) is 58.8 Å². The van der Waals surface area contributed by atoms with Crippen LogP contribution in [0.2, 0.25) is 0 Å². The summed E-state index contributed by atoms with van der Waals surface area (Å²) in [6.07, 6.45) is 8.51. The minimum absolute atomic E-state index is 0.0663. The molecule has 1 aromatic rings. The summed E-state index contributed by atoms with van der Waals surface area (Å²) in [4.78, 5) is 46.5. The molecule has 8 heteroatoms. The van der Waals surface area contributed by atoms with Crippen molar-refractivity contribution in [1.82, 2.24) is 15.1 Å². The monoisotopic (exact) mass is 578 g/mol. The molecule has 4 aliphatic rings. The number of carbonyl (C=O) groups excluding carboxylic acids is 3. The van der Waals surface area contributed by atoms with Crippen LogP contribution in [0.15, 0.2) is 30.4 Å². The van der Waals surface area contributed by atoms with Gasteiger partial charge in [-0.3, -0.25) is 14.4 Å². The highest BCUT2D eigenvalue weighted by molar-refractivity contribution is 6.02. The van der Waals surface area contributed by atoms with Crippen LogP contribution in [0.25, 0.3) is 0 Å². The molecular weight excluding hydrogens is 528 g/mol. The van der Waals surface area contributed by atoms with Gasteiger partial charge in [-0.25, -0.2) is 0 Å². The van der Waals surface area contributed by atoms with Gasteiger partial charge in [0.1, 0.15) is 11.6 Å². The van der Waals surface area contributed by atoms with Crippen LogP contribution in [0.3, 0.4) is 0 Å². The van der Waals surface area contributed by atoms with Crippen molar-refractivity contribution in [3.05, 3.63) is 41.5 Å². The number of benzene rings is 1. The van der Waals surface area contributed by atoms with Crippen molar-refractivity contribution < 1.29 is 19.1 Å². The Morgan fingerprint density at radius 1 is 1.02 bits per heavy atom. The number of aryl methyl sites for hydroxylation is 2. The highest BCUT2D eigenvalue weighted by atomic mass is 16.5. The van der Waals surface area contributed by atoms with E-state index in [-0.39, 0.29) is 23.8 Å². The second-order valence-electron chi connectivity index (χ2n) is 13.3. The second kappa shape index (κ2) is 12.5. The number of hydrogen-bond donors (Lipinski definition) is 2. The first-order valence-corrected chi connectivity index (χ1v) is 16.2. The maximum absolute atomic E-state index is 14.3. The largest absolute Gasteiger partial charge is 0.359 e. The number of ether oxygens (including phenoxy) is 1. The molecule has 3 aliphatic heterocycles. The molecule has 1 saturated carbocycles. The summed E-state index contributed by atoms with van der Waals surface area (Å²) >= 11 is 0. The molecule has 5 rings (SSSR count). The minimum atomic E-state index is -1.14. The zero-order chi connectivity index (χ0) is 30.2. The van der Waals surface area contributed by atoms with E-state index in [0.29, 0.717) is 30.6 Å². The molecule has 1 aliphatic carbocycles. The first kappa shape index (κ1) is 30.7. The summed E-state index contributed by atoms with van der Waals surface area (Å²) in [6.45, 7) is 15.8. The average Bonchev–Trinajstić information content (AvgIpc) is 3.57. The van der Waals surface area contributed by atoms with Crippen LogP contribution in [0.5, 0.6) is 0 Å². The lowest BCUT2D eigenvalue weighted by Crippen LogP contribution is -2.58. The van der Waals surface area contributed by atoms with Gasteiger partial charge in [0.05, 0.1) is 17.9 Å². The normalized spacial score (nSPS) is 33.4. The van der Waals surface area contributed by atoms with Gasteiger partial charge in [0.25, 0.3) is 0 Å². The summed E-state index contributed by atoms with van der Waals surface area (Å²) in [5, 5.41) is 6.42. The molecule has 1 spiro atoms. The molecule has 2 saturated heterocycles. The third-order valence-corrected chi connectivity index (χ3v) is 10.2. The van der Waals surface area contributed by atoms with Gasteiger partial charge in [0, 0.05) is 24.8 Å². The number of carbonyl (C=O) groups is 3. The Labute approximate surface area is 251 Å². The van der Waals surface area contributed by atoms with Gasteiger partial charge in [-0.2, -0.15) is 0 Å².